The first-order valence-electron chi connectivity index (χ1n) is 26.4. The molecule has 0 radical (unpaired) electrons. The smallest absolute Gasteiger partial charge is 0.306 e. The van der Waals surface area contributed by atoms with Gasteiger partial charge in [0.05, 0.1) is 0 Å². The molecule has 0 bridgehead atoms. The Morgan fingerprint density at radius 2 is 0.559 bits per heavy atom. The predicted molar refractivity (Wildman–Crippen MR) is 252 cm³/mol. The van der Waals surface area contributed by atoms with E-state index in [0.717, 1.165) is 63.7 Å². The minimum Gasteiger partial charge on any atom is -0.462 e. The van der Waals surface area contributed by atoms with Crippen LogP contribution in [-0.2, 0) is 28.6 Å². The Kier molecular flexibility index (Phi) is 46.2. The van der Waals surface area contributed by atoms with Gasteiger partial charge in [0.1, 0.15) is 13.2 Å². The average Bonchev–Trinajstić information content (AvgIpc) is 3.22. The number of hydrogen-bond acceptors (Lipinski definition) is 6. The summed E-state index contributed by atoms with van der Waals surface area (Å²) in [6.07, 6.45) is 49.5. The standard InChI is InChI=1S/C53H102O6/c1-5-7-9-11-13-15-16-21-25-29-33-37-41-45-52(55)58-48-50(47-57-51(54)44-40-36-32-27-14-12-10-8-6-2)59-53(56)46-42-38-34-30-26-23-20-18-17-19-22-24-28-31-35-39-43-49(3)4/h49-50H,5-48H2,1-4H3/t50-/m1/s1. The first-order valence-corrected chi connectivity index (χ1v) is 26.4. The summed E-state index contributed by atoms with van der Waals surface area (Å²) in [7, 11) is 0. The van der Waals surface area contributed by atoms with Crippen LogP contribution in [0.15, 0.2) is 0 Å². The van der Waals surface area contributed by atoms with Crippen LogP contribution in [0, 0.1) is 5.92 Å². The van der Waals surface area contributed by atoms with Crippen LogP contribution in [0.2, 0.25) is 0 Å². The fourth-order valence-corrected chi connectivity index (χ4v) is 8.04. The Hall–Kier alpha value is -1.59. The summed E-state index contributed by atoms with van der Waals surface area (Å²) in [5, 5.41) is 0. The monoisotopic (exact) mass is 835 g/mol. The van der Waals surface area contributed by atoms with E-state index < -0.39 is 6.10 Å². The van der Waals surface area contributed by atoms with Crippen LogP contribution < -0.4 is 0 Å². The normalized spacial score (nSPS) is 11.9. The third-order valence-corrected chi connectivity index (χ3v) is 12.0. The second-order valence-electron chi connectivity index (χ2n) is 18.6. The minimum absolute atomic E-state index is 0.0626. The Balaban J connectivity index is 4.23. The largest absolute Gasteiger partial charge is 0.462 e. The van der Waals surface area contributed by atoms with Crippen LogP contribution in [0.25, 0.3) is 0 Å². The first-order chi connectivity index (χ1) is 28.9. The molecule has 0 amide bonds. The maximum atomic E-state index is 12.8. The molecule has 6 nitrogen and oxygen atoms in total. The van der Waals surface area contributed by atoms with E-state index in [1.165, 1.54) is 193 Å². The van der Waals surface area contributed by atoms with Crippen LogP contribution in [0.3, 0.4) is 0 Å². The summed E-state index contributed by atoms with van der Waals surface area (Å²) in [6.45, 7) is 9.03. The van der Waals surface area contributed by atoms with Crippen molar-refractivity contribution in [3.05, 3.63) is 0 Å². The Morgan fingerprint density at radius 1 is 0.322 bits per heavy atom. The van der Waals surface area contributed by atoms with Gasteiger partial charge in [-0.1, -0.05) is 259 Å². The van der Waals surface area contributed by atoms with Crippen molar-refractivity contribution in [1.82, 2.24) is 0 Å². The van der Waals surface area contributed by atoms with E-state index in [-0.39, 0.29) is 31.1 Å². The molecular formula is C53H102O6. The molecule has 0 rings (SSSR count). The summed E-state index contributed by atoms with van der Waals surface area (Å²) < 4.78 is 16.8. The molecule has 0 saturated heterocycles. The van der Waals surface area contributed by atoms with Gasteiger partial charge in [-0.3, -0.25) is 14.4 Å². The van der Waals surface area contributed by atoms with E-state index in [0.29, 0.717) is 19.3 Å². The van der Waals surface area contributed by atoms with Crippen LogP contribution in [0.5, 0.6) is 0 Å². The molecule has 0 saturated carbocycles. The lowest BCUT2D eigenvalue weighted by atomic mass is 10.0. The second kappa shape index (κ2) is 47.5. The van der Waals surface area contributed by atoms with E-state index in [4.69, 9.17) is 14.2 Å². The lowest BCUT2D eigenvalue weighted by Gasteiger charge is -2.18. The lowest BCUT2D eigenvalue weighted by Crippen LogP contribution is -2.30. The third-order valence-electron chi connectivity index (χ3n) is 12.0. The number of ether oxygens (including phenoxy) is 3. The zero-order chi connectivity index (χ0) is 43.1. The maximum absolute atomic E-state index is 12.8. The number of esters is 3. The van der Waals surface area contributed by atoms with E-state index in [1.807, 2.05) is 0 Å². The number of unbranched alkanes of at least 4 members (excludes halogenated alkanes) is 35. The Morgan fingerprint density at radius 3 is 0.831 bits per heavy atom. The maximum Gasteiger partial charge on any atom is 0.306 e. The summed E-state index contributed by atoms with van der Waals surface area (Å²) in [5.74, 6) is 0.00657. The van der Waals surface area contributed by atoms with Crippen molar-refractivity contribution < 1.29 is 28.6 Å². The highest BCUT2D eigenvalue weighted by Crippen LogP contribution is 2.17. The van der Waals surface area contributed by atoms with Gasteiger partial charge in [0.15, 0.2) is 6.10 Å². The van der Waals surface area contributed by atoms with Crippen molar-refractivity contribution >= 4 is 17.9 Å². The van der Waals surface area contributed by atoms with E-state index >= 15 is 0 Å². The Labute approximate surface area is 368 Å². The molecule has 0 aromatic rings. The van der Waals surface area contributed by atoms with Gasteiger partial charge in [-0.15, -0.1) is 0 Å². The molecule has 0 aromatic carbocycles. The highest BCUT2D eigenvalue weighted by atomic mass is 16.6. The van der Waals surface area contributed by atoms with Crippen molar-refractivity contribution in [2.24, 2.45) is 5.92 Å². The van der Waals surface area contributed by atoms with Crippen molar-refractivity contribution in [3.63, 3.8) is 0 Å². The van der Waals surface area contributed by atoms with Gasteiger partial charge < -0.3 is 14.2 Å². The minimum atomic E-state index is -0.760. The van der Waals surface area contributed by atoms with Gasteiger partial charge in [0.25, 0.3) is 0 Å². The predicted octanol–water partition coefficient (Wildman–Crippen LogP) is 17.1. The van der Waals surface area contributed by atoms with Gasteiger partial charge >= 0.3 is 17.9 Å². The van der Waals surface area contributed by atoms with Crippen molar-refractivity contribution in [2.75, 3.05) is 13.2 Å². The third kappa shape index (κ3) is 47.3. The molecule has 350 valence electrons. The molecule has 1 atom stereocenters. The fraction of sp³-hybridized carbons (Fsp3) is 0.943. The van der Waals surface area contributed by atoms with E-state index in [2.05, 4.69) is 27.7 Å². The average molecular weight is 835 g/mol. The first kappa shape index (κ1) is 57.4. The van der Waals surface area contributed by atoms with Crippen LogP contribution in [0.1, 0.15) is 297 Å². The van der Waals surface area contributed by atoms with Crippen molar-refractivity contribution in [1.29, 1.82) is 0 Å². The molecule has 0 fully saturated rings. The molecule has 59 heavy (non-hydrogen) atoms. The second-order valence-corrected chi connectivity index (χ2v) is 18.6. The highest BCUT2D eigenvalue weighted by molar-refractivity contribution is 5.71. The quantitative estimate of drug-likeness (QED) is 0.0345. The van der Waals surface area contributed by atoms with Crippen LogP contribution in [0.4, 0.5) is 0 Å². The molecular weight excluding hydrogens is 733 g/mol. The van der Waals surface area contributed by atoms with Gasteiger partial charge in [-0.2, -0.15) is 0 Å². The molecule has 6 heteroatoms. The van der Waals surface area contributed by atoms with Gasteiger partial charge in [-0.05, 0) is 25.2 Å². The number of carbonyl (C=O) groups is 3. The Bertz CT molecular complexity index is 887. The van der Waals surface area contributed by atoms with E-state index in [1.54, 1.807) is 0 Å². The van der Waals surface area contributed by atoms with Crippen LogP contribution >= 0.6 is 0 Å². The molecule has 0 aliphatic carbocycles. The molecule has 0 unspecified atom stereocenters. The molecule has 0 spiro atoms. The number of carbonyl (C=O) groups excluding carboxylic acids is 3. The molecule has 0 heterocycles. The highest BCUT2D eigenvalue weighted by Gasteiger charge is 2.19. The zero-order valence-electron chi connectivity index (χ0n) is 40.2. The van der Waals surface area contributed by atoms with Crippen molar-refractivity contribution in [3.8, 4) is 0 Å². The SMILES string of the molecule is CCCCCCCCCCCCCCCC(=O)OC[C@@H](COC(=O)CCCCCCCCCCC)OC(=O)CCCCCCCCCCCCCCCCCCC(C)C. The summed E-state index contributed by atoms with van der Waals surface area (Å²) in [4.78, 5) is 37.9. The molecule has 0 aromatic heterocycles. The molecule has 0 aliphatic heterocycles. The van der Waals surface area contributed by atoms with Crippen LogP contribution in [-0.4, -0.2) is 37.2 Å². The van der Waals surface area contributed by atoms with Crippen molar-refractivity contribution in [2.45, 2.75) is 303 Å². The van der Waals surface area contributed by atoms with E-state index in [9.17, 15) is 14.4 Å². The lowest BCUT2D eigenvalue weighted by molar-refractivity contribution is -0.167. The topological polar surface area (TPSA) is 78.9 Å². The number of hydrogen-bond donors (Lipinski definition) is 0. The van der Waals surface area contributed by atoms with Gasteiger partial charge in [0, 0.05) is 19.3 Å². The fourth-order valence-electron chi connectivity index (χ4n) is 8.04. The van der Waals surface area contributed by atoms with Gasteiger partial charge in [0.2, 0.25) is 0 Å². The summed E-state index contributed by atoms with van der Waals surface area (Å²) >= 11 is 0. The summed E-state index contributed by atoms with van der Waals surface area (Å²) in [6, 6.07) is 0. The molecule has 0 N–H and O–H groups in total. The summed E-state index contributed by atoms with van der Waals surface area (Å²) in [5.41, 5.74) is 0. The zero-order valence-corrected chi connectivity index (χ0v) is 40.2. The number of rotatable bonds is 48. The van der Waals surface area contributed by atoms with Gasteiger partial charge in [-0.25, -0.2) is 0 Å². The molecule has 0 aliphatic rings.